The van der Waals surface area contributed by atoms with E-state index < -0.39 is 0 Å². The van der Waals surface area contributed by atoms with Crippen LogP contribution in [0.25, 0.3) is 0 Å². The molecule has 2 fully saturated rings. The number of likely N-dealkylation sites (tertiary alicyclic amines) is 1. The maximum atomic E-state index is 5.48. The van der Waals surface area contributed by atoms with Gasteiger partial charge in [-0.25, -0.2) is 0 Å². The van der Waals surface area contributed by atoms with Crippen LogP contribution in [0.3, 0.4) is 0 Å². The third-order valence-electron chi connectivity index (χ3n) is 5.45. The van der Waals surface area contributed by atoms with Crippen LogP contribution >= 0.6 is 0 Å². The Labute approximate surface area is 138 Å². The van der Waals surface area contributed by atoms with E-state index >= 15 is 0 Å². The SMILES string of the molecule is CN1CCN(C2CCN(Cc3ccc4c(c3)OCO4)CC2)CC1. The van der Waals surface area contributed by atoms with Crippen LogP contribution in [0.2, 0.25) is 0 Å². The third-order valence-corrected chi connectivity index (χ3v) is 5.45. The Hall–Kier alpha value is -1.30. The molecule has 0 unspecified atom stereocenters. The lowest BCUT2D eigenvalue weighted by Gasteiger charge is -2.42. The largest absolute Gasteiger partial charge is 0.454 e. The van der Waals surface area contributed by atoms with E-state index in [9.17, 15) is 0 Å². The lowest BCUT2D eigenvalue weighted by molar-refractivity contribution is 0.0657. The summed E-state index contributed by atoms with van der Waals surface area (Å²) in [6.45, 7) is 8.69. The van der Waals surface area contributed by atoms with Gasteiger partial charge in [0.15, 0.2) is 11.5 Å². The van der Waals surface area contributed by atoms with Gasteiger partial charge in [-0.3, -0.25) is 9.80 Å². The van der Waals surface area contributed by atoms with Gasteiger partial charge < -0.3 is 14.4 Å². The summed E-state index contributed by atoms with van der Waals surface area (Å²) in [7, 11) is 2.23. The van der Waals surface area contributed by atoms with Gasteiger partial charge in [0.1, 0.15) is 0 Å². The first-order chi connectivity index (χ1) is 11.3. The van der Waals surface area contributed by atoms with Crippen LogP contribution in [0.15, 0.2) is 18.2 Å². The Morgan fingerprint density at radius 3 is 2.48 bits per heavy atom. The molecule has 0 amide bonds. The Balaban J connectivity index is 1.28. The summed E-state index contributed by atoms with van der Waals surface area (Å²) in [6.07, 6.45) is 2.60. The van der Waals surface area contributed by atoms with E-state index in [2.05, 4.69) is 33.9 Å². The molecule has 0 bridgehead atoms. The van der Waals surface area contributed by atoms with Crippen molar-refractivity contribution in [1.29, 1.82) is 0 Å². The summed E-state index contributed by atoms with van der Waals surface area (Å²) in [4.78, 5) is 7.72. The molecule has 0 atom stereocenters. The molecular weight excluding hydrogens is 290 g/mol. The van der Waals surface area contributed by atoms with Gasteiger partial charge in [0, 0.05) is 38.8 Å². The van der Waals surface area contributed by atoms with Crippen molar-refractivity contribution in [3.05, 3.63) is 23.8 Å². The van der Waals surface area contributed by atoms with Gasteiger partial charge in [-0.2, -0.15) is 0 Å². The maximum absolute atomic E-state index is 5.48. The molecule has 3 aliphatic rings. The second-order valence-corrected chi connectivity index (χ2v) is 7.03. The van der Waals surface area contributed by atoms with E-state index in [-0.39, 0.29) is 0 Å². The van der Waals surface area contributed by atoms with E-state index in [0.717, 1.165) is 24.1 Å². The predicted octanol–water partition coefficient (Wildman–Crippen LogP) is 1.63. The third kappa shape index (κ3) is 3.47. The van der Waals surface area contributed by atoms with Gasteiger partial charge >= 0.3 is 0 Å². The Morgan fingerprint density at radius 1 is 0.957 bits per heavy atom. The highest BCUT2D eigenvalue weighted by atomic mass is 16.7. The highest BCUT2D eigenvalue weighted by molar-refractivity contribution is 5.44. The normalized spacial score (nSPS) is 24.2. The minimum Gasteiger partial charge on any atom is -0.454 e. The number of fused-ring (bicyclic) bond motifs is 1. The number of hydrogen-bond acceptors (Lipinski definition) is 5. The van der Waals surface area contributed by atoms with Gasteiger partial charge in [0.25, 0.3) is 0 Å². The number of piperazine rings is 1. The number of likely N-dealkylation sites (N-methyl/N-ethyl adjacent to an activating group) is 1. The molecule has 1 aromatic rings. The average molecular weight is 317 g/mol. The van der Waals surface area contributed by atoms with Crippen molar-refractivity contribution in [3.63, 3.8) is 0 Å². The first-order valence-corrected chi connectivity index (χ1v) is 8.81. The van der Waals surface area contributed by atoms with Crippen molar-refractivity contribution in [2.75, 3.05) is 53.1 Å². The van der Waals surface area contributed by atoms with Gasteiger partial charge in [-0.1, -0.05) is 6.07 Å². The lowest BCUT2D eigenvalue weighted by Crippen LogP contribution is -2.52. The molecular formula is C18H27N3O2. The highest BCUT2D eigenvalue weighted by Crippen LogP contribution is 2.33. The standard InChI is InChI=1S/C18H27N3O2/c1-19-8-10-21(11-9-19)16-4-6-20(7-5-16)13-15-2-3-17-18(12-15)23-14-22-17/h2-3,12,16H,4-11,13-14H2,1H3. The average Bonchev–Trinajstić information content (AvgIpc) is 3.04. The van der Waals surface area contributed by atoms with Crippen LogP contribution in [0.1, 0.15) is 18.4 Å². The second kappa shape index (κ2) is 6.67. The minimum absolute atomic E-state index is 0.356. The summed E-state index contributed by atoms with van der Waals surface area (Å²) < 4.78 is 10.9. The zero-order valence-electron chi connectivity index (χ0n) is 14.0. The maximum Gasteiger partial charge on any atom is 0.231 e. The van der Waals surface area contributed by atoms with E-state index in [1.807, 2.05) is 6.07 Å². The van der Waals surface area contributed by atoms with Crippen molar-refractivity contribution < 1.29 is 9.47 Å². The zero-order chi connectivity index (χ0) is 15.6. The lowest BCUT2D eigenvalue weighted by atomic mass is 10.0. The van der Waals surface area contributed by atoms with Crippen LogP contribution in [0.4, 0.5) is 0 Å². The smallest absolute Gasteiger partial charge is 0.231 e. The van der Waals surface area contributed by atoms with E-state index in [0.29, 0.717) is 6.79 Å². The molecule has 23 heavy (non-hydrogen) atoms. The van der Waals surface area contributed by atoms with Crippen LogP contribution < -0.4 is 9.47 Å². The van der Waals surface area contributed by atoms with Crippen LogP contribution in [-0.2, 0) is 6.54 Å². The van der Waals surface area contributed by atoms with Gasteiger partial charge in [-0.05, 0) is 50.7 Å². The molecule has 0 saturated carbocycles. The fraction of sp³-hybridized carbons (Fsp3) is 0.667. The number of hydrogen-bond donors (Lipinski definition) is 0. The van der Waals surface area contributed by atoms with Crippen molar-refractivity contribution in [1.82, 2.24) is 14.7 Å². The Kier molecular flexibility index (Phi) is 4.42. The van der Waals surface area contributed by atoms with E-state index in [1.54, 1.807) is 0 Å². The van der Waals surface area contributed by atoms with Gasteiger partial charge in [0.05, 0.1) is 0 Å². The fourth-order valence-corrected chi connectivity index (χ4v) is 3.93. The molecule has 5 nitrogen and oxygen atoms in total. The summed E-state index contributed by atoms with van der Waals surface area (Å²) in [6, 6.07) is 7.13. The van der Waals surface area contributed by atoms with Crippen molar-refractivity contribution in [2.45, 2.75) is 25.4 Å². The Bertz CT molecular complexity index is 535. The van der Waals surface area contributed by atoms with Gasteiger partial charge in [0.2, 0.25) is 6.79 Å². The number of piperidine rings is 1. The number of nitrogens with zero attached hydrogens (tertiary/aromatic N) is 3. The molecule has 0 spiro atoms. The molecule has 3 aliphatic heterocycles. The highest BCUT2D eigenvalue weighted by Gasteiger charge is 2.26. The molecule has 1 aromatic carbocycles. The van der Waals surface area contributed by atoms with Crippen LogP contribution in [-0.4, -0.2) is 73.9 Å². The molecule has 0 N–H and O–H groups in total. The minimum atomic E-state index is 0.356. The second-order valence-electron chi connectivity index (χ2n) is 7.03. The predicted molar refractivity (Wildman–Crippen MR) is 89.9 cm³/mol. The van der Waals surface area contributed by atoms with Crippen molar-refractivity contribution in [3.8, 4) is 11.5 Å². The summed E-state index contributed by atoms with van der Waals surface area (Å²) in [5.74, 6) is 1.78. The molecule has 126 valence electrons. The summed E-state index contributed by atoms with van der Waals surface area (Å²) >= 11 is 0. The number of benzene rings is 1. The first-order valence-electron chi connectivity index (χ1n) is 8.81. The molecule has 3 heterocycles. The fourth-order valence-electron chi connectivity index (χ4n) is 3.93. The van der Waals surface area contributed by atoms with Crippen LogP contribution in [0, 0.1) is 0 Å². The molecule has 2 saturated heterocycles. The Morgan fingerprint density at radius 2 is 1.70 bits per heavy atom. The monoisotopic (exact) mass is 317 g/mol. The zero-order valence-corrected chi connectivity index (χ0v) is 14.0. The van der Waals surface area contributed by atoms with Crippen molar-refractivity contribution in [2.24, 2.45) is 0 Å². The summed E-state index contributed by atoms with van der Waals surface area (Å²) in [5.41, 5.74) is 1.33. The molecule has 5 heteroatoms. The first kappa shape index (κ1) is 15.2. The molecule has 0 aliphatic carbocycles. The van der Waals surface area contributed by atoms with E-state index in [4.69, 9.17) is 9.47 Å². The van der Waals surface area contributed by atoms with Crippen LogP contribution in [0.5, 0.6) is 11.5 Å². The molecule has 0 radical (unpaired) electrons. The van der Waals surface area contributed by atoms with Crippen molar-refractivity contribution >= 4 is 0 Å². The topological polar surface area (TPSA) is 28.2 Å². The quantitative estimate of drug-likeness (QED) is 0.845. The van der Waals surface area contributed by atoms with Gasteiger partial charge in [-0.15, -0.1) is 0 Å². The van der Waals surface area contributed by atoms with E-state index in [1.165, 1.54) is 57.7 Å². The molecule has 0 aromatic heterocycles. The number of rotatable bonds is 3. The summed E-state index contributed by atoms with van der Waals surface area (Å²) in [5, 5.41) is 0. The number of ether oxygens (including phenoxy) is 2. The molecule has 4 rings (SSSR count).